The first kappa shape index (κ1) is 13.6. The van der Waals surface area contributed by atoms with Crippen LogP contribution in [0.2, 0.25) is 0 Å². The minimum atomic E-state index is -0.681. The molecule has 0 aromatic carbocycles. The van der Waals surface area contributed by atoms with Gasteiger partial charge in [-0.1, -0.05) is 22.4 Å². The van der Waals surface area contributed by atoms with Crippen molar-refractivity contribution < 1.29 is 9.11 Å². The van der Waals surface area contributed by atoms with Gasteiger partial charge in [-0.05, 0) is 13.8 Å². The normalized spacial score (nSPS) is 15.7. The van der Waals surface area contributed by atoms with Gasteiger partial charge in [0.1, 0.15) is 23.0 Å². The molecule has 0 aliphatic carbocycles. The maximum absolute atomic E-state index is 11.0. The molecule has 3 nitrogen and oxygen atoms in total. The van der Waals surface area contributed by atoms with Crippen molar-refractivity contribution in [1.29, 1.82) is 0 Å². The fraction of sp³-hybridized carbons (Fsp3) is 1.00. The maximum Gasteiger partial charge on any atom is 0.117 e. The molecule has 1 N–H and O–H groups in total. The van der Waals surface area contributed by atoms with E-state index in [1.54, 1.807) is 0 Å². The Bertz CT molecular complexity index is 104. The van der Waals surface area contributed by atoms with Gasteiger partial charge in [-0.25, -0.2) is 0 Å². The molecule has 80 valence electrons. The number of nitrogens with one attached hydrogen (secondary N) is 1. The summed E-state index contributed by atoms with van der Waals surface area (Å²) in [5, 5.41) is 3.13. The fourth-order valence-corrected chi connectivity index (χ4v) is 2.11. The molecule has 2 unspecified atom stereocenters. The van der Waals surface area contributed by atoms with E-state index in [1.807, 2.05) is 13.8 Å². The summed E-state index contributed by atoms with van der Waals surface area (Å²) in [5.74, 6) is 2.86. The molecule has 0 aromatic heterocycles. The average Bonchev–Trinajstić information content (AvgIpc) is 2.16. The van der Waals surface area contributed by atoms with Crippen LogP contribution in [0.5, 0.6) is 0 Å². The van der Waals surface area contributed by atoms with E-state index in [4.69, 9.17) is 0 Å². The van der Waals surface area contributed by atoms with Crippen LogP contribution in [-0.4, -0.2) is 45.2 Å². The van der Waals surface area contributed by atoms with Gasteiger partial charge in [-0.3, -0.25) is 0 Å². The molecule has 0 amide bonds. The molecule has 0 aliphatic rings. The van der Waals surface area contributed by atoms with Crippen LogP contribution in [0, 0.1) is 0 Å². The smallest absolute Gasteiger partial charge is 0.117 e. The van der Waals surface area contributed by atoms with Crippen molar-refractivity contribution in [3.8, 4) is 0 Å². The zero-order valence-electron chi connectivity index (χ0n) is 8.38. The van der Waals surface area contributed by atoms with Gasteiger partial charge in [0, 0.05) is 13.1 Å². The number of hydrogen-bond acceptors (Lipinski definition) is 3. The highest BCUT2D eigenvalue weighted by Gasteiger charge is 2.03. The Morgan fingerprint density at radius 2 is 1.31 bits per heavy atom. The zero-order chi connectivity index (χ0) is 10.1. The van der Waals surface area contributed by atoms with E-state index < -0.39 is 22.4 Å². The second-order valence-corrected chi connectivity index (χ2v) is 6.35. The third-order valence-electron chi connectivity index (χ3n) is 1.66. The minimum absolute atomic E-state index is 0.681. The zero-order valence-corrected chi connectivity index (χ0v) is 10.0. The van der Waals surface area contributed by atoms with E-state index in [0.717, 1.165) is 24.6 Å². The van der Waals surface area contributed by atoms with Crippen LogP contribution in [0.3, 0.4) is 0 Å². The molecule has 2 atom stereocenters. The molecular weight excluding hydrogens is 206 g/mol. The first-order valence-electron chi connectivity index (χ1n) is 4.61. The quantitative estimate of drug-likeness (QED) is 0.471. The Morgan fingerprint density at radius 3 is 1.62 bits per heavy atom. The molecule has 0 aliphatic heterocycles. The summed E-state index contributed by atoms with van der Waals surface area (Å²) in [6, 6.07) is 0. The SMILES string of the molecule is CC[S+]([O-])CCNCC[S+]([O-])CC. The van der Waals surface area contributed by atoms with E-state index in [-0.39, 0.29) is 0 Å². The summed E-state index contributed by atoms with van der Waals surface area (Å²) in [7, 11) is 0. The fourth-order valence-electron chi connectivity index (χ4n) is 0.786. The summed E-state index contributed by atoms with van der Waals surface area (Å²) in [6.07, 6.45) is 0. The Kier molecular flexibility index (Phi) is 9.56. The van der Waals surface area contributed by atoms with Gasteiger partial charge < -0.3 is 14.4 Å². The van der Waals surface area contributed by atoms with Gasteiger partial charge in [-0.15, -0.1) is 0 Å². The van der Waals surface area contributed by atoms with Crippen LogP contribution >= 0.6 is 0 Å². The number of hydrogen-bond donors (Lipinski definition) is 1. The third-order valence-corrected chi connectivity index (χ3v) is 4.26. The highest BCUT2D eigenvalue weighted by Crippen LogP contribution is 1.89. The first-order valence-corrected chi connectivity index (χ1v) is 7.59. The molecule has 0 radical (unpaired) electrons. The van der Waals surface area contributed by atoms with Crippen molar-refractivity contribution in [2.24, 2.45) is 0 Å². The molecule has 13 heavy (non-hydrogen) atoms. The van der Waals surface area contributed by atoms with Crippen LogP contribution in [-0.2, 0) is 22.4 Å². The molecular formula is C8H19NO2S2. The second-order valence-electron chi connectivity index (χ2n) is 2.62. The summed E-state index contributed by atoms with van der Waals surface area (Å²) in [4.78, 5) is 0. The Balaban J connectivity index is 3.08. The highest BCUT2D eigenvalue weighted by molar-refractivity contribution is 7.91. The topological polar surface area (TPSA) is 58.1 Å². The molecule has 0 spiro atoms. The van der Waals surface area contributed by atoms with Crippen LogP contribution < -0.4 is 5.32 Å². The molecule has 0 rings (SSSR count). The third kappa shape index (κ3) is 8.90. The van der Waals surface area contributed by atoms with Crippen molar-refractivity contribution >= 4 is 22.4 Å². The molecule has 0 saturated carbocycles. The van der Waals surface area contributed by atoms with Crippen LogP contribution in [0.25, 0.3) is 0 Å². The Hall–Kier alpha value is 0.580. The minimum Gasteiger partial charge on any atom is -0.616 e. The predicted molar refractivity (Wildman–Crippen MR) is 60.0 cm³/mol. The predicted octanol–water partition coefficient (Wildman–Crippen LogP) is 0.113. The molecule has 0 aromatic rings. The van der Waals surface area contributed by atoms with Crippen molar-refractivity contribution in [3.05, 3.63) is 0 Å². The molecule has 0 saturated heterocycles. The van der Waals surface area contributed by atoms with E-state index in [2.05, 4.69) is 5.32 Å². The van der Waals surface area contributed by atoms with Crippen LogP contribution in [0.15, 0.2) is 0 Å². The lowest BCUT2D eigenvalue weighted by atomic mass is 10.7. The lowest BCUT2D eigenvalue weighted by Crippen LogP contribution is -2.28. The van der Waals surface area contributed by atoms with Crippen molar-refractivity contribution in [2.75, 3.05) is 36.1 Å². The van der Waals surface area contributed by atoms with Crippen molar-refractivity contribution in [1.82, 2.24) is 5.32 Å². The van der Waals surface area contributed by atoms with Gasteiger partial charge in [0.05, 0.1) is 0 Å². The van der Waals surface area contributed by atoms with Gasteiger partial charge in [0.15, 0.2) is 0 Å². The van der Waals surface area contributed by atoms with Gasteiger partial charge >= 0.3 is 0 Å². The number of rotatable bonds is 8. The Morgan fingerprint density at radius 1 is 0.923 bits per heavy atom. The Labute approximate surface area is 87.0 Å². The summed E-state index contributed by atoms with van der Waals surface area (Å²) in [5.41, 5.74) is 0. The monoisotopic (exact) mass is 225 g/mol. The van der Waals surface area contributed by atoms with Gasteiger partial charge in [-0.2, -0.15) is 0 Å². The highest BCUT2D eigenvalue weighted by atomic mass is 32.2. The standard InChI is InChI=1S/C8H19NO2S2/c1-3-12(10)7-5-9-6-8-13(11)4-2/h9H,3-8H2,1-2H3. The molecule has 0 heterocycles. The summed E-state index contributed by atoms with van der Waals surface area (Å²) < 4.78 is 22.0. The second kappa shape index (κ2) is 9.15. The van der Waals surface area contributed by atoms with E-state index >= 15 is 0 Å². The first-order chi connectivity index (χ1) is 6.20. The molecule has 0 bridgehead atoms. The van der Waals surface area contributed by atoms with Crippen molar-refractivity contribution in [2.45, 2.75) is 13.8 Å². The van der Waals surface area contributed by atoms with Crippen molar-refractivity contribution in [3.63, 3.8) is 0 Å². The lowest BCUT2D eigenvalue weighted by Gasteiger charge is -2.10. The van der Waals surface area contributed by atoms with E-state index in [9.17, 15) is 9.11 Å². The van der Waals surface area contributed by atoms with Gasteiger partial charge in [0.2, 0.25) is 0 Å². The molecule has 5 heteroatoms. The van der Waals surface area contributed by atoms with Crippen LogP contribution in [0.1, 0.15) is 13.8 Å². The lowest BCUT2D eigenvalue weighted by molar-refractivity contribution is 0.587. The van der Waals surface area contributed by atoms with E-state index in [0.29, 0.717) is 11.5 Å². The largest absolute Gasteiger partial charge is 0.616 e. The maximum atomic E-state index is 11.0. The van der Waals surface area contributed by atoms with Crippen LogP contribution in [0.4, 0.5) is 0 Å². The summed E-state index contributed by atoms with van der Waals surface area (Å²) >= 11 is -1.36. The van der Waals surface area contributed by atoms with E-state index in [1.165, 1.54) is 0 Å². The average molecular weight is 225 g/mol. The van der Waals surface area contributed by atoms with Gasteiger partial charge in [0.25, 0.3) is 0 Å². The molecule has 0 fully saturated rings. The summed E-state index contributed by atoms with van der Waals surface area (Å²) in [6.45, 7) is 5.37.